The zero-order valence-corrected chi connectivity index (χ0v) is 16.8. The highest BCUT2D eigenvalue weighted by molar-refractivity contribution is 6.11. The normalized spacial score (nSPS) is 16.9. The number of hydrogen-bond donors (Lipinski definition) is 0. The molecule has 1 aliphatic heterocycles. The van der Waals surface area contributed by atoms with Gasteiger partial charge in [-0.2, -0.15) is 0 Å². The molecule has 4 rings (SSSR count). The molecule has 1 aliphatic carbocycles. The van der Waals surface area contributed by atoms with Crippen LogP contribution in [0, 0.1) is 6.92 Å². The van der Waals surface area contributed by atoms with Crippen LogP contribution in [0.5, 0.6) is 0 Å². The van der Waals surface area contributed by atoms with Gasteiger partial charge in [0.2, 0.25) is 0 Å². The Labute approximate surface area is 156 Å². The van der Waals surface area contributed by atoms with Gasteiger partial charge >= 0.3 is 0 Å². The van der Waals surface area contributed by atoms with Crippen LogP contribution in [0.1, 0.15) is 48.5 Å². The van der Waals surface area contributed by atoms with Crippen LogP contribution in [0.3, 0.4) is 0 Å². The van der Waals surface area contributed by atoms with E-state index in [9.17, 15) is 0 Å². The first-order valence-corrected chi connectivity index (χ1v) is 9.45. The Morgan fingerprint density at radius 3 is 2.54 bits per heavy atom. The van der Waals surface area contributed by atoms with Gasteiger partial charge in [-0.25, -0.2) is 4.99 Å². The van der Waals surface area contributed by atoms with E-state index in [1.165, 1.54) is 35.4 Å². The number of ether oxygens (including phenoxy) is 1. The minimum Gasteiger partial charge on any atom is -0.494 e. The van der Waals surface area contributed by atoms with Gasteiger partial charge in [-0.15, -0.1) is 0 Å². The third-order valence-corrected chi connectivity index (χ3v) is 5.29. The van der Waals surface area contributed by atoms with Crippen molar-refractivity contribution < 1.29 is 4.74 Å². The van der Waals surface area contributed by atoms with Crippen LogP contribution in [-0.4, -0.2) is 22.0 Å². The average molecular weight is 351 g/mol. The molecule has 2 aromatic heterocycles. The van der Waals surface area contributed by atoms with Gasteiger partial charge in [-0.05, 0) is 55.5 Å². The predicted octanol–water partition coefficient (Wildman–Crippen LogP) is 4.56. The summed E-state index contributed by atoms with van der Waals surface area (Å²) < 4.78 is 9.96. The van der Waals surface area contributed by atoms with Crippen LogP contribution >= 0.6 is 0 Å². The van der Waals surface area contributed by atoms with Gasteiger partial charge in [0.05, 0.1) is 18.5 Å². The topological polar surface area (TPSA) is 31.4 Å². The fourth-order valence-electron chi connectivity index (χ4n) is 3.87. The van der Waals surface area contributed by atoms with E-state index in [-0.39, 0.29) is 0 Å². The Kier molecular flexibility index (Phi) is 5.21. The number of allylic oxidation sites excluding steroid dienone is 1. The molecule has 0 N–H and O–H groups in total. The van der Waals surface area contributed by atoms with Crippen LogP contribution in [0.25, 0.3) is 6.08 Å². The van der Waals surface area contributed by atoms with Gasteiger partial charge in [-0.3, -0.25) is 0 Å². The molecule has 4 nitrogen and oxygen atoms in total. The average Bonchev–Trinajstić information content (AvgIpc) is 3.41. The van der Waals surface area contributed by atoms with Gasteiger partial charge in [0.15, 0.2) is 0 Å². The Morgan fingerprint density at radius 2 is 1.88 bits per heavy atom. The quantitative estimate of drug-likeness (QED) is 0.797. The summed E-state index contributed by atoms with van der Waals surface area (Å²) in [5.41, 5.74) is 8.62. The summed E-state index contributed by atoms with van der Waals surface area (Å²) in [7, 11) is 5.89. The standard InChI is InChI=1S/C20H23N3O.C2H6/c1-13-14-7-5-8-15(14)19(23(13)3)11-17-20(24-4)12-16(21-17)18-9-6-10-22(18)2;1-2/h6,9-12H,5,7-8H2,1-4H3;1-2H3/b17-11+;. The number of methoxy groups -OCH3 is 1. The van der Waals surface area contributed by atoms with Gasteiger partial charge in [0.25, 0.3) is 0 Å². The van der Waals surface area contributed by atoms with E-state index in [0.717, 1.165) is 29.3 Å². The lowest BCUT2D eigenvalue weighted by Crippen LogP contribution is -2.01. The lowest BCUT2D eigenvalue weighted by atomic mass is 10.1. The third kappa shape index (κ3) is 2.94. The second-order valence-electron chi connectivity index (χ2n) is 6.58. The van der Waals surface area contributed by atoms with E-state index < -0.39 is 0 Å². The summed E-state index contributed by atoms with van der Waals surface area (Å²) in [6.07, 6.45) is 9.86. The fourth-order valence-corrected chi connectivity index (χ4v) is 3.87. The zero-order chi connectivity index (χ0) is 18.8. The maximum atomic E-state index is 5.59. The van der Waals surface area contributed by atoms with Crippen molar-refractivity contribution in [3.63, 3.8) is 0 Å². The number of aryl methyl sites for hydroxylation is 1. The molecule has 0 bridgehead atoms. The van der Waals surface area contributed by atoms with Crippen LogP contribution in [-0.2, 0) is 31.7 Å². The van der Waals surface area contributed by atoms with E-state index in [1.54, 1.807) is 7.11 Å². The van der Waals surface area contributed by atoms with Gasteiger partial charge in [0.1, 0.15) is 11.5 Å². The Balaban J connectivity index is 0.000000948. The van der Waals surface area contributed by atoms with E-state index in [2.05, 4.69) is 35.2 Å². The molecule has 0 aromatic carbocycles. The highest BCUT2D eigenvalue weighted by Gasteiger charge is 2.24. The molecule has 0 radical (unpaired) electrons. The maximum Gasteiger partial charge on any atom is 0.146 e. The van der Waals surface area contributed by atoms with E-state index in [1.807, 2.05) is 39.2 Å². The van der Waals surface area contributed by atoms with E-state index in [0.29, 0.717) is 0 Å². The Hall–Kier alpha value is -2.49. The molecule has 26 heavy (non-hydrogen) atoms. The summed E-state index contributed by atoms with van der Waals surface area (Å²) in [4.78, 5) is 4.84. The summed E-state index contributed by atoms with van der Waals surface area (Å²) >= 11 is 0. The monoisotopic (exact) mass is 351 g/mol. The highest BCUT2D eigenvalue weighted by atomic mass is 16.5. The molecule has 2 aliphatic rings. The van der Waals surface area contributed by atoms with Gasteiger partial charge < -0.3 is 13.9 Å². The number of nitrogens with zero attached hydrogens (tertiary/aromatic N) is 3. The van der Waals surface area contributed by atoms with Crippen molar-refractivity contribution in [2.24, 2.45) is 19.1 Å². The minimum absolute atomic E-state index is 0.830. The summed E-state index contributed by atoms with van der Waals surface area (Å²) in [6, 6.07) is 4.11. The van der Waals surface area contributed by atoms with Crippen LogP contribution in [0.15, 0.2) is 40.9 Å². The van der Waals surface area contributed by atoms with E-state index >= 15 is 0 Å². The van der Waals surface area contributed by atoms with Gasteiger partial charge in [0, 0.05) is 37.8 Å². The molecule has 0 spiro atoms. The first-order valence-electron chi connectivity index (χ1n) is 9.45. The molecule has 138 valence electrons. The second kappa shape index (κ2) is 7.40. The van der Waals surface area contributed by atoms with E-state index in [4.69, 9.17) is 9.73 Å². The third-order valence-electron chi connectivity index (χ3n) is 5.29. The van der Waals surface area contributed by atoms with Crippen molar-refractivity contribution in [2.45, 2.75) is 40.0 Å². The summed E-state index contributed by atoms with van der Waals surface area (Å²) in [5.74, 6) is 0.830. The van der Waals surface area contributed by atoms with Crippen molar-refractivity contribution in [1.82, 2.24) is 9.13 Å². The van der Waals surface area contributed by atoms with Crippen LogP contribution in [0.2, 0.25) is 0 Å². The van der Waals surface area contributed by atoms with Gasteiger partial charge in [-0.1, -0.05) is 13.8 Å². The molecule has 3 heterocycles. The van der Waals surface area contributed by atoms with Crippen molar-refractivity contribution in [3.8, 4) is 0 Å². The molecular weight excluding hydrogens is 322 g/mol. The number of hydrogen-bond acceptors (Lipinski definition) is 2. The lowest BCUT2D eigenvalue weighted by Gasteiger charge is -2.06. The minimum atomic E-state index is 0.830. The first kappa shape index (κ1) is 18.3. The fraction of sp³-hybridized carbons (Fsp3) is 0.409. The Morgan fingerprint density at radius 1 is 1.15 bits per heavy atom. The van der Waals surface area contributed by atoms with Crippen molar-refractivity contribution in [3.05, 3.63) is 64.1 Å². The molecule has 2 aromatic rings. The maximum absolute atomic E-state index is 5.59. The molecule has 0 unspecified atom stereocenters. The molecule has 0 atom stereocenters. The number of aliphatic imine (C=N–C) groups is 1. The van der Waals surface area contributed by atoms with Crippen LogP contribution < -0.4 is 0 Å². The molecule has 4 heteroatoms. The largest absolute Gasteiger partial charge is 0.494 e. The smallest absolute Gasteiger partial charge is 0.146 e. The number of rotatable bonds is 3. The first-order chi connectivity index (χ1) is 12.6. The summed E-state index contributed by atoms with van der Waals surface area (Å²) in [6.45, 7) is 6.21. The highest BCUT2D eigenvalue weighted by Crippen LogP contribution is 2.33. The van der Waals surface area contributed by atoms with Crippen LogP contribution in [0.4, 0.5) is 0 Å². The molecule has 0 saturated carbocycles. The molecular formula is C22H29N3O. The Bertz CT molecular complexity index is 906. The van der Waals surface area contributed by atoms with Crippen molar-refractivity contribution in [2.75, 3.05) is 7.11 Å². The molecule has 0 saturated heterocycles. The second-order valence-corrected chi connectivity index (χ2v) is 6.58. The number of aromatic nitrogens is 2. The van der Waals surface area contributed by atoms with Crippen molar-refractivity contribution in [1.29, 1.82) is 0 Å². The molecule has 0 fully saturated rings. The summed E-state index contributed by atoms with van der Waals surface area (Å²) in [5, 5.41) is 0. The lowest BCUT2D eigenvalue weighted by molar-refractivity contribution is 0.303. The number of fused-ring (bicyclic) bond motifs is 1. The van der Waals surface area contributed by atoms with Crippen molar-refractivity contribution >= 4 is 11.8 Å². The molecule has 0 amide bonds. The zero-order valence-electron chi connectivity index (χ0n) is 16.8. The predicted molar refractivity (Wildman–Crippen MR) is 109 cm³/mol. The SMILES string of the molecule is CC.COC1=CC(c2cccn2C)=N/C1=C/c1c2c(c(C)n1C)CCC2.